The van der Waals surface area contributed by atoms with Crippen LogP contribution in [0.2, 0.25) is 0 Å². The van der Waals surface area contributed by atoms with Crippen molar-refractivity contribution in [2.75, 3.05) is 18.5 Å². The van der Waals surface area contributed by atoms with E-state index >= 15 is 0 Å². The first kappa shape index (κ1) is 40.8. The van der Waals surface area contributed by atoms with Crippen molar-refractivity contribution in [2.24, 2.45) is 20.5 Å². The number of hydrogen-bond acceptors (Lipinski definition) is 16. The van der Waals surface area contributed by atoms with E-state index in [0.717, 1.165) is 23.4 Å². The number of ether oxygens (including phenoxy) is 1. The maximum Gasteiger partial charge on any atom is 1.00 e. The van der Waals surface area contributed by atoms with Gasteiger partial charge in [0.1, 0.15) is 23.7 Å². The van der Waals surface area contributed by atoms with Gasteiger partial charge in [0.2, 0.25) is 0 Å². The molecule has 14 nitrogen and oxygen atoms in total. The molecule has 0 aliphatic carbocycles. The maximum atomic E-state index is 11.3. The molecule has 3 N–H and O–H groups in total. The number of hydrogen-bond donors (Lipinski definition) is 3. The summed E-state index contributed by atoms with van der Waals surface area (Å²) in [6, 6.07) is 26.6. The molecule has 0 amide bonds. The molecule has 49 heavy (non-hydrogen) atoms. The van der Waals surface area contributed by atoms with Gasteiger partial charge in [-0.1, -0.05) is 18.2 Å². The first-order valence-corrected chi connectivity index (χ1v) is 15.2. The zero-order valence-electron chi connectivity index (χ0n) is 26.4. The number of aryl methyl sites for hydroxylation is 1. The minimum absolute atomic E-state index is 0. The van der Waals surface area contributed by atoms with Gasteiger partial charge in [-0.3, -0.25) is 10.1 Å². The van der Waals surface area contributed by atoms with Gasteiger partial charge in [0.05, 0.1) is 47.0 Å². The number of nitrogens with one attached hydrogen (secondary N) is 1. The Balaban J connectivity index is 0.00000325. The summed E-state index contributed by atoms with van der Waals surface area (Å²) in [5.41, 5.74) is 3.61. The molecule has 0 atom stereocenters. The van der Waals surface area contributed by atoms with Crippen LogP contribution in [0.4, 0.5) is 34.1 Å². The van der Waals surface area contributed by atoms with E-state index < -0.39 is 0 Å². The number of benzene rings is 5. The van der Waals surface area contributed by atoms with E-state index in [-0.39, 0.29) is 100 Å². The molecule has 0 unspecified atom stereocenters. The number of fused-ring (bicyclic) bond motifs is 1. The van der Waals surface area contributed by atoms with Crippen molar-refractivity contribution in [3.8, 4) is 11.5 Å². The van der Waals surface area contributed by atoms with Gasteiger partial charge in [-0.2, -0.15) is 18.9 Å². The minimum Gasteiger partial charge on any atom is -0.691 e. The molecule has 0 saturated carbocycles. The molecule has 0 aromatic heterocycles. The zero-order chi connectivity index (χ0) is 33.0. The van der Waals surface area contributed by atoms with Crippen LogP contribution in [0.25, 0.3) is 10.8 Å². The molecular formula is C31H25N5Na2O9S2. The first-order chi connectivity index (χ1) is 23.0. The summed E-state index contributed by atoms with van der Waals surface area (Å²) < 4.78 is 14.6. The van der Waals surface area contributed by atoms with Crippen LogP contribution in [0, 0.1) is 6.92 Å². The van der Waals surface area contributed by atoms with Crippen molar-refractivity contribution >= 4 is 69.0 Å². The van der Waals surface area contributed by atoms with Gasteiger partial charge >= 0.3 is 59.1 Å². The topological polar surface area (TPSA) is 194 Å². The Kier molecular flexibility index (Phi) is 17.4. The van der Waals surface area contributed by atoms with Gasteiger partial charge in [0.25, 0.3) is 0 Å². The van der Waals surface area contributed by atoms with E-state index in [4.69, 9.17) is 4.74 Å². The summed E-state index contributed by atoms with van der Waals surface area (Å²) in [5, 5.41) is 69.8. The van der Waals surface area contributed by atoms with Crippen molar-refractivity contribution in [3.05, 3.63) is 96.6 Å². The van der Waals surface area contributed by atoms with Crippen LogP contribution in [0.1, 0.15) is 5.56 Å². The Morgan fingerprint density at radius 3 is 2.18 bits per heavy atom. The summed E-state index contributed by atoms with van der Waals surface area (Å²) in [4.78, 5) is 0.879. The number of azo groups is 2. The van der Waals surface area contributed by atoms with Crippen molar-refractivity contribution in [1.82, 2.24) is 0 Å². The predicted octanol–water partition coefficient (Wildman–Crippen LogP) is 1.27. The molecule has 0 fully saturated rings. The van der Waals surface area contributed by atoms with Gasteiger partial charge in [-0.25, -0.2) is 0 Å². The van der Waals surface area contributed by atoms with E-state index in [1.165, 1.54) is 0 Å². The summed E-state index contributed by atoms with van der Waals surface area (Å²) in [6.07, 6.45) is 0. The predicted molar refractivity (Wildman–Crippen MR) is 170 cm³/mol. The molecule has 0 heterocycles. The van der Waals surface area contributed by atoms with Gasteiger partial charge in [0, 0.05) is 27.7 Å². The second kappa shape index (κ2) is 20.9. The van der Waals surface area contributed by atoms with Gasteiger partial charge in [-0.05, 0) is 84.6 Å². The van der Waals surface area contributed by atoms with Crippen LogP contribution in [0.15, 0.2) is 121 Å². The van der Waals surface area contributed by atoms with Gasteiger partial charge in [0.15, 0.2) is 5.75 Å². The third-order valence-corrected chi connectivity index (χ3v) is 7.62. The number of nitrogens with zero attached hydrogens (tertiary/aromatic N) is 4. The zero-order valence-corrected chi connectivity index (χ0v) is 32.1. The number of aromatic hydroxyl groups is 1. The van der Waals surface area contributed by atoms with E-state index in [0.29, 0.717) is 44.6 Å². The average Bonchev–Trinajstić information content (AvgIpc) is 3.09. The van der Waals surface area contributed by atoms with Crippen molar-refractivity contribution in [3.63, 3.8) is 0 Å². The minimum atomic E-state index is -0.257. The molecule has 18 heteroatoms. The maximum absolute atomic E-state index is 11.3. The molecule has 0 spiro atoms. The van der Waals surface area contributed by atoms with Crippen LogP contribution in [0.5, 0.6) is 11.5 Å². The number of rotatable bonds is 15. The van der Waals surface area contributed by atoms with E-state index in [1.807, 2.05) is 42.5 Å². The molecule has 0 aliphatic rings. The summed E-state index contributed by atoms with van der Waals surface area (Å²) in [5.74, 6) is 0.0418. The fraction of sp³-hybridized carbons (Fsp3) is 0.0968. The molecule has 0 saturated heterocycles. The quantitative estimate of drug-likeness (QED) is 0.0462. The number of anilines is 2. The summed E-state index contributed by atoms with van der Waals surface area (Å²) in [7, 11) is 0. The van der Waals surface area contributed by atoms with Crippen LogP contribution in [-0.4, -0.2) is 23.4 Å². The molecule has 0 aliphatic heterocycles. The second-order valence-electron chi connectivity index (χ2n) is 9.51. The van der Waals surface area contributed by atoms with Crippen molar-refractivity contribution in [1.29, 1.82) is 0 Å². The van der Waals surface area contributed by atoms with Crippen LogP contribution < -0.4 is 79.7 Å². The Hall–Kier alpha value is -2.62. The van der Waals surface area contributed by atoms with Crippen LogP contribution >= 0.6 is 24.1 Å². The molecule has 5 aromatic rings. The van der Waals surface area contributed by atoms with Crippen LogP contribution in [-0.2, 0) is 18.7 Å². The number of para-hydroxylation sites is 1. The first-order valence-electron chi connectivity index (χ1n) is 13.7. The second-order valence-corrected chi connectivity index (χ2v) is 11.0. The van der Waals surface area contributed by atoms with Gasteiger partial charge < -0.3 is 30.8 Å². The molecule has 0 radical (unpaired) electrons. The number of phenolic OH excluding ortho intramolecular Hbond substituents is 1. The fourth-order valence-electron chi connectivity index (χ4n) is 4.28. The Bertz CT molecular complexity index is 1880. The average molecular weight is 722 g/mol. The molecule has 242 valence electrons. The molecule has 0 bridgehead atoms. The van der Waals surface area contributed by atoms with E-state index in [2.05, 4.69) is 44.5 Å². The third kappa shape index (κ3) is 11.4. The smallest absolute Gasteiger partial charge is 0.691 e. The number of phenols is 1. The molecule has 5 rings (SSSR count). The SMILES string of the molecule is Cc1cc(N=Nc2c(SOO[O-])cc3cc(Nc4ccccc4)ccc3c2O)c(OCCO)cc1N=Nc1ccc(SOO[O-])cc1.[Na+].[Na+]. The summed E-state index contributed by atoms with van der Waals surface area (Å²) in [6.45, 7) is 1.50. The normalized spacial score (nSPS) is 11.1. The Morgan fingerprint density at radius 1 is 0.755 bits per heavy atom. The van der Waals surface area contributed by atoms with Crippen molar-refractivity contribution < 1.29 is 103 Å². The van der Waals surface area contributed by atoms with Crippen molar-refractivity contribution in [2.45, 2.75) is 16.7 Å². The standard InChI is InChI=1S/C31H27N5O9S2.2Na/c1-19-15-27(28(41-14-13-37)18-26(19)34-33-22-7-10-24(11-8-22)46-44-42-39)35-36-30-29(47-45-43-40)17-20-16-23(9-12-25(20)31(30)38)32-21-5-3-2-4-6-21;;/h2-12,15-18,32,37-40H,13-14H2,1H3;;/q;2*+1/p-2. The fourth-order valence-corrected chi connectivity index (χ4v) is 5.13. The van der Waals surface area contributed by atoms with Gasteiger partial charge in [-0.15, -0.1) is 10.2 Å². The van der Waals surface area contributed by atoms with E-state index in [9.17, 15) is 20.7 Å². The van der Waals surface area contributed by atoms with E-state index in [1.54, 1.807) is 55.5 Å². The molecular weight excluding hydrogens is 696 g/mol. The summed E-state index contributed by atoms with van der Waals surface area (Å²) >= 11 is 1.32. The largest absolute Gasteiger partial charge is 1.00 e. The third-order valence-electron chi connectivity index (χ3n) is 6.42. The number of aliphatic hydroxyl groups is 1. The Morgan fingerprint density at radius 2 is 1.47 bits per heavy atom. The molecule has 5 aromatic carbocycles. The number of aliphatic hydroxyl groups excluding tert-OH is 1. The van der Waals surface area contributed by atoms with Crippen LogP contribution in [0.3, 0.4) is 0 Å². The monoisotopic (exact) mass is 721 g/mol. The Labute approximate surface area is 333 Å².